The van der Waals surface area contributed by atoms with E-state index in [-0.39, 0.29) is 24.8 Å². The van der Waals surface area contributed by atoms with E-state index in [9.17, 15) is 22.8 Å². The number of Topliss-reactive ketones (excluding diaryl/α,β-unsaturated/α-hetero) is 1. The van der Waals surface area contributed by atoms with Crippen molar-refractivity contribution in [2.24, 2.45) is 5.92 Å². The number of hydrogen-bond donors (Lipinski definition) is 1. The molecule has 0 saturated heterocycles. The number of carbonyl (C=O) groups is 2. The minimum atomic E-state index is -4.34. The minimum Gasteiger partial charge on any atom is -0.345 e. The van der Waals surface area contributed by atoms with Gasteiger partial charge in [-0.2, -0.15) is 13.2 Å². The predicted molar refractivity (Wildman–Crippen MR) is 65.6 cm³/mol. The van der Waals surface area contributed by atoms with Crippen molar-refractivity contribution in [1.29, 1.82) is 0 Å². The van der Waals surface area contributed by atoms with E-state index >= 15 is 0 Å². The Hall–Kier alpha value is -1.11. The molecule has 1 unspecified atom stereocenters. The lowest BCUT2D eigenvalue weighted by molar-refractivity contribution is -0.149. The molecule has 0 aromatic rings. The van der Waals surface area contributed by atoms with Crippen LogP contribution in [0.3, 0.4) is 0 Å². The third kappa shape index (κ3) is 7.81. The van der Waals surface area contributed by atoms with E-state index in [0.29, 0.717) is 0 Å². The fraction of sp³-hybridized carbons (Fsp3) is 0.833. The fourth-order valence-electron chi connectivity index (χ4n) is 1.69. The van der Waals surface area contributed by atoms with Gasteiger partial charge < -0.3 is 5.32 Å². The molecule has 0 bridgehead atoms. The van der Waals surface area contributed by atoms with Crippen LogP contribution >= 0.6 is 0 Å². The molecule has 0 fully saturated rings. The zero-order chi connectivity index (χ0) is 15.2. The third-order valence-corrected chi connectivity index (χ3v) is 2.64. The summed E-state index contributed by atoms with van der Waals surface area (Å²) in [7, 11) is 0. The van der Waals surface area contributed by atoms with Crippen molar-refractivity contribution in [3.8, 4) is 0 Å². The third-order valence-electron chi connectivity index (χ3n) is 2.64. The maximum Gasteiger partial charge on any atom is 0.401 e. The van der Waals surface area contributed by atoms with Crippen molar-refractivity contribution in [3.63, 3.8) is 0 Å². The highest BCUT2D eigenvalue weighted by atomic mass is 19.4. The molecule has 1 amide bonds. The van der Waals surface area contributed by atoms with E-state index in [2.05, 4.69) is 5.32 Å². The van der Waals surface area contributed by atoms with Crippen LogP contribution < -0.4 is 5.32 Å². The SMILES string of the molecule is CCN(CC(=O)NC(C(C)=O)C(C)C)CC(F)(F)F. The van der Waals surface area contributed by atoms with Crippen LogP contribution in [0.25, 0.3) is 0 Å². The van der Waals surface area contributed by atoms with Crippen LogP contribution in [0.4, 0.5) is 13.2 Å². The average Bonchev–Trinajstić information content (AvgIpc) is 2.22. The second-order valence-electron chi connectivity index (χ2n) is 4.82. The summed E-state index contributed by atoms with van der Waals surface area (Å²) in [6.45, 7) is 5.02. The van der Waals surface area contributed by atoms with Crippen molar-refractivity contribution >= 4 is 11.7 Å². The van der Waals surface area contributed by atoms with E-state index in [0.717, 1.165) is 4.90 Å². The summed E-state index contributed by atoms with van der Waals surface area (Å²) in [5.74, 6) is -0.874. The van der Waals surface area contributed by atoms with Crippen molar-refractivity contribution < 1.29 is 22.8 Å². The lowest BCUT2D eigenvalue weighted by Gasteiger charge is -2.24. The average molecular weight is 282 g/mol. The maximum atomic E-state index is 12.2. The molecule has 0 radical (unpaired) electrons. The van der Waals surface area contributed by atoms with Crippen molar-refractivity contribution in [1.82, 2.24) is 10.2 Å². The summed E-state index contributed by atoms with van der Waals surface area (Å²) >= 11 is 0. The first kappa shape index (κ1) is 17.9. The summed E-state index contributed by atoms with van der Waals surface area (Å²) in [6.07, 6.45) is -4.34. The Kier molecular flexibility index (Phi) is 7.04. The number of hydrogen-bond acceptors (Lipinski definition) is 3. The van der Waals surface area contributed by atoms with Gasteiger partial charge in [-0.15, -0.1) is 0 Å². The Morgan fingerprint density at radius 3 is 2.11 bits per heavy atom. The summed E-state index contributed by atoms with van der Waals surface area (Å²) in [5, 5.41) is 2.47. The standard InChI is InChI=1S/C12H21F3N2O2/c1-5-17(7-12(13,14)15)6-10(19)16-11(8(2)3)9(4)18/h8,11H,5-7H2,1-4H3,(H,16,19). The molecule has 0 aliphatic heterocycles. The number of ketones is 1. The first-order chi connectivity index (χ1) is 8.56. The van der Waals surface area contributed by atoms with Gasteiger partial charge in [0.15, 0.2) is 5.78 Å². The van der Waals surface area contributed by atoms with Gasteiger partial charge in [-0.1, -0.05) is 20.8 Å². The fourth-order valence-corrected chi connectivity index (χ4v) is 1.69. The monoisotopic (exact) mass is 282 g/mol. The highest BCUT2D eigenvalue weighted by Crippen LogP contribution is 2.16. The minimum absolute atomic E-state index is 0.0980. The first-order valence-corrected chi connectivity index (χ1v) is 6.15. The summed E-state index contributed by atoms with van der Waals surface area (Å²) in [6, 6.07) is -0.655. The highest BCUT2D eigenvalue weighted by Gasteiger charge is 2.31. The molecule has 19 heavy (non-hydrogen) atoms. The molecule has 0 aromatic carbocycles. The van der Waals surface area contributed by atoms with Gasteiger partial charge in [0.2, 0.25) is 5.91 Å². The molecule has 1 atom stereocenters. The van der Waals surface area contributed by atoms with Crippen molar-refractivity contribution in [2.75, 3.05) is 19.6 Å². The smallest absolute Gasteiger partial charge is 0.345 e. The quantitative estimate of drug-likeness (QED) is 0.771. The Morgan fingerprint density at radius 2 is 1.79 bits per heavy atom. The maximum absolute atomic E-state index is 12.2. The number of nitrogens with zero attached hydrogens (tertiary/aromatic N) is 1. The summed E-state index contributed by atoms with van der Waals surface area (Å²) in [4.78, 5) is 23.9. The van der Waals surface area contributed by atoms with Crippen LogP contribution in [0.2, 0.25) is 0 Å². The van der Waals surface area contributed by atoms with Crippen LogP contribution in [0.15, 0.2) is 0 Å². The van der Waals surface area contributed by atoms with Crippen molar-refractivity contribution in [3.05, 3.63) is 0 Å². The highest BCUT2D eigenvalue weighted by molar-refractivity contribution is 5.88. The molecule has 0 aliphatic rings. The number of rotatable bonds is 7. The van der Waals surface area contributed by atoms with Crippen LogP contribution in [-0.4, -0.2) is 48.4 Å². The Labute approximate surface area is 111 Å². The Bertz CT molecular complexity index is 317. The molecule has 0 spiro atoms. The molecule has 0 saturated carbocycles. The molecular weight excluding hydrogens is 261 g/mol. The Morgan fingerprint density at radius 1 is 1.26 bits per heavy atom. The van der Waals surface area contributed by atoms with E-state index < -0.39 is 24.7 Å². The Balaban J connectivity index is 4.46. The zero-order valence-corrected chi connectivity index (χ0v) is 11.7. The van der Waals surface area contributed by atoms with Gasteiger partial charge in [0, 0.05) is 0 Å². The molecule has 0 aromatic heterocycles. The topological polar surface area (TPSA) is 49.4 Å². The van der Waals surface area contributed by atoms with E-state index in [4.69, 9.17) is 0 Å². The molecule has 0 aliphatic carbocycles. The van der Waals surface area contributed by atoms with Crippen LogP contribution in [0.1, 0.15) is 27.7 Å². The van der Waals surface area contributed by atoms with E-state index in [1.165, 1.54) is 6.92 Å². The molecule has 7 heteroatoms. The number of nitrogens with one attached hydrogen (secondary N) is 1. The first-order valence-electron chi connectivity index (χ1n) is 6.15. The van der Waals surface area contributed by atoms with Crippen molar-refractivity contribution in [2.45, 2.75) is 39.9 Å². The second kappa shape index (κ2) is 7.47. The zero-order valence-electron chi connectivity index (χ0n) is 11.7. The van der Waals surface area contributed by atoms with Gasteiger partial charge in [-0.25, -0.2) is 0 Å². The number of carbonyl (C=O) groups excluding carboxylic acids is 2. The van der Waals surface area contributed by atoms with Gasteiger partial charge in [-0.05, 0) is 19.4 Å². The number of alkyl halides is 3. The van der Waals surface area contributed by atoms with Crippen LogP contribution in [0, 0.1) is 5.92 Å². The molecular formula is C12H21F3N2O2. The number of likely N-dealkylation sites (N-methyl/N-ethyl adjacent to an activating group) is 1. The summed E-state index contributed by atoms with van der Waals surface area (Å²) < 4.78 is 36.7. The van der Waals surface area contributed by atoms with Gasteiger partial charge in [0.25, 0.3) is 0 Å². The van der Waals surface area contributed by atoms with Crippen LogP contribution in [-0.2, 0) is 9.59 Å². The van der Waals surface area contributed by atoms with Gasteiger partial charge in [0.1, 0.15) is 0 Å². The van der Waals surface area contributed by atoms with E-state index in [1.54, 1.807) is 20.8 Å². The molecule has 4 nitrogen and oxygen atoms in total. The normalized spacial score (nSPS) is 13.7. The lowest BCUT2D eigenvalue weighted by Crippen LogP contribution is -2.48. The van der Waals surface area contributed by atoms with Gasteiger partial charge in [0.05, 0.1) is 19.1 Å². The summed E-state index contributed by atoms with van der Waals surface area (Å²) in [5.41, 5.74) is 0. The molecule has 0 heterocycles. The van der Waals surface area contributed by atoms with Crippen LogP contribution in [0.5, 0.6) is 0 Å². The lowest BCUT2D eigenvalue weighted by atomic mass is 10.0. The molecule has 0 rings (SSSR count). The number of halogens is 3. The second-order valence-corrected chi connectivity index (χ2v) is 4.82. The molecule has 112 valence electrons. The molecule has 1 N–H and O–H groups in total. The predicted octanol–water partition coefficient (Wildman–Crippen LogP) is 1.60. The van der Waals surface area contributed by atoms with Gasteiger partial charge >= 0.3 is 6.18 Å². The largest absolute Gasteiger partial charge is 0.401 e. The number of amides is 1. The van der Waals surface area contributed by atoms with Gasteiger partial charge in [-0.3, -0.25) is 14.5 Å². The van der Waals surface area contributed by atoms with E-state index in [1.807, 2.05) is 0 Å².